The van der Waals surface area contributed by atoms with Gasteiger partial charge in [0.05, 0.1) is 28.2 Å². The summed E-state index contributed by atoms with van der Waals surface area (Å²) in [6, 6.07) is 12.3. The molecular weight excluding hydrogens is 404 g/mol. The van der Waals surface area contributed by atoms with Gasteiger partial charge in [-0.3, -0.25) is 19.7 Å². The third-order valence-electron chi connectivity index (χ3n) is 5.39. The highest BCUT2D eigenvalue weighted by atomic mass is 35.5. The second-order valence-corrected chi connectivity index (χ2v) is 7.79. The molecule has 0 bridgehead atoms. The van der Waals surface area contributed by atoms with Crippen LogP contribution in [0.15, 0.2) is 53.5 Å². The largest absolute Gasteiger partial charge is 0.376 e. The van der Waals surface area contributed by atoms with Crippen molar-refractivity contribution in [1.82, 2.24) is 20.1 Å². The smallest absolute Gasteiger partial charge is 0.280 e. The van der Waals surface area contributed by atoms with Crippen LogP contribution in [-0.4, -0.2) is 39.9 Å². The number of amides is 1. The lowest BCUT2D eigenvalue weighted by molar-refractivity contribution is 0.0858. The zero-order valence-electron chi connectivity index (χ0n) is 16.0. The molecule has 0 aliphatic carbocycles. The maximum atomic E-state index is 12.9. The lowest BCUT2D eigenvalue weighted by Gasteiger charge is -2.11. The Morgan fingerprint density at radius 1 is 1.23 bits per heavy atom. The summed E-state index contributed by atoms with van der Waals surface area (Å²) < 4.78 is 7.01. The van der Waals surface area contributed by atoms with Crippen LogP contribution in [0, 0.1) is 0 Å². The van der Waals surface area contributed by atoms with E-state index in [0.29, 0.717) is 44.6 Å². The number of carbonyl (C=O) groups is 1. The van der Waals surface area contributed by atoms with Crippen molar-refractivity contribution >= 4 is 39.3 Å². The van der Waals surface area contributed by atoms with E-state index in [4.69, 9.17) is 16.3 Å². The number of ether oxygens (including phenoxy) is 1. The van der Waals surface area contributed by atoms with Crippen LogP contribution in [0.5, 0.6) is 0 Å². The fourth-order valence-electron chi connectivity index (χ4n) is 3.79. The number of carbonyl (C=O) groups excluding carboxylic acids is 1. The molecule has 2 N–H and O–H groups in total. The number of H-pyrrole nitrogens is 1. The van der Waals surface area contributed by atoms with Crippen LogP contribution < -0.4 is 10.9 Å². The van der Waals surface area contributed by atoms with Gasteiger partial charge in [0.2, 0.25) is 0 Å². The second-order valence-electron chi connectivity index (χ2n) is 7.35. The van der Waals surface area contributed by atoms with Gasteiger partial charge in [0.1, 0.15) is 0 Å². The predicted molar refractivity (Wildman–Crippen MR) is 116 cm³/mol. The molecule has 0 spiro atoms. The van der Waals surface area contributed by atoms with Crippen molar-refractivity contribution in [3.63, 3.8) is 0 Å². The molecule has 0 radical (unpaired) electrons. The first kappa shape index (κ1) is 18.8. The Labute approximate surface area is 176 Å². The summed E-state index contributed by atoms with van der Waals surface area (Å²) in [6.07, 6.45) is 3.62. The average molecular weight is 423 g/mol. The minimum Gasteiger partial charge on any atom is -0.376 e. The van der Waals surface area contributed by atoms with Gasteiger partial charge in [-0.25, -0.2) is 4.68 Å². The molecule has 0 saturated carbocycles. The predicted octanol–water partition coefficient (Wildman–Crippen LogP) is 3.43. The molecule has 1 atom stereocenters. The molecule has 2 aromatic heterocycles. The fourth-order valence-corrected chi connectivity index (χ4v) is 3.91. The number of pyridine rings is 1. The summed E-state index contributed by atoms with van der Waals surface area (Å²) in [5.74, 6) is -0.177. The Balaban J connectivity index is 1.54. The lowest BCUT2D eigenvalue weighted by atomic mass is 10.1. The summed E-state index contributed by atoms with van der Waals surface area (Å²) in [7, 11) is 0. The molecule has 8 heteroatoms. The molecule has 3 heterocycles. The van der Waals surface area contributed by atoms with Crippen molar-refractivity contribution < 1.29 is 9.53 Å². The maximum Gasteiger partial charge on any atom is 0.280 e. The van der Waals surface area contributed by atoms with Crippen LogP contribution in [0.1, 0.15) is 23.2 Å². The van der Waals surface area contributed by atoms with E-state index in [9.17, 15) is 9.59 Å². The number of nitrogens with one attached hydrogen (secondary N) is 2. The molecule has 152 valence electrons. The molecule has 4 aromatic rings. The number of rotatable bonds is 4. The normalized spacial score (nSPS) is 16.4. The van der Waals surface area contributed by atoms with Gasteiger partial charge >= 0.3 is 0 Å². The molecule has 2 aromatic carbocycles. The van der Waals surface area contributed by atoms with Gasteiger partial charge in [0, 0.05) is 35.3 Å². The highest BCUT2D eigenvalue weighted by molar-refractivity contribution is 6.30. The Morgan fingerprint density at radius 3 is 2.83 bits per heavy atom. The molecule has 1 aliphatic rings. The van der Waals surface area contributed by atoms with Crippen molar-refractivity contribution in [2.45, 2.75) is 18.9 Å². The first-order valence-corrected chi connectivity index (χ1v) is 10.2. The first-order chi connectivity index (χ1) is 14.6. The summed E-state index contributed by atoms with van der Waals surface area (Å²) in [6.45, 7) is 1.24. The number of nitrogens with zero attached hydrogens (tertiary/aromatic N) is 2. The van der Waals surface area contributed by atoms with Crippen molar-refractivity contribution in [1.29, 1.82) is 0 Å². The van der Waals surface area contributed by atoms with Crippen LogP contribution in [0.25, 0.3) is 27.5 Å². The summed E-state index contributed by atoms with van der Waals surface area (Å²) in [5, 5.41) is 7.84. The van der Waals surface area contributed by atoms with Gasteiger partial charge in [0.25, 0.3) is 11.5 Å². The number of hydrogen-bond donors (Lipinski definition) is 2. The Morgan fingerprint density at radius 2 is 2.07 bits per heavy atom. The van der Waals surface area contributed by atoms with Gasteiger partial charge in [-0.15, -0.1) is 0 Å². The Hall–Kier alpha value is -3.16. The number of hydrogen-bond acceptors (Lipinski definition) is 4. The van der Waals surface area contributed by atoms with Crippen LogP contribution in [0.4, 0.5) is 0 Å². The van der Waals surface area contributed by atoms with Crippen LogP contribution in [-0.2, 0) is 4.74 Å². The van der Waals surface area contributed by atoms with Crippen LogP contribution in [0.3, 0.4) is 0 Å². The average Bonchev–Trinajstić information content (AvgIpc) is 3.40. The Kier molecular flexibility index (Phi) is 4.77. The van der Waals surface area contributed by atoms with Crippen LogP contribution >= 0.6 is 11.6 Å². The van der Waals surface area contributed by atoms with E-state index in [2.05, 4.69) is 15.4 Å². The van der Waals surface area contributed by atoms with Crippen molar-refractivity contribution in [2.75, 3.05) is 13.2 Å². The van der Waals surface area contributed by atoms with E-state index in [1.54, 1.807) is 48.7 Å². The molecule has 1 saturated heterocycles. The summed E-state index contributed by atoms with van der Waals surface area (Å²) in [4.78, 5) is 29.9. The molecule has 7 nitrogen and oxygen atoms in total. The minimum absolute atomic E-state index is 0.0764. The van der Waals surface area contributed by atoms with E-state index in [1.165, 1.54) is 4.68 Å². The maximum absolute atomic E-state index is 12.9. The van der Waals surface area contributed by atoms with E-state index >= 15 is 0 Å². The minimum atomic E-state index is -0.213. The summed E-state index contributed by atoms with van der Waals surface area (Å²) in [5.41, 5.74) is 2.29. The lowest BCUT2D eigenvalue weighted by Crippen LogP contribution is -2.31. The van der Waals surface area contributed by atoms with Gasteiger partial charge in [-0.2, -0.15) is 0 Å². The molecule has 1 aliphatic heterocycles. The highest BCUT2D eigenvalue weighted by Crippen LogP contribution is 2.23. The van der Waals surface area contributed by atoms with Crippen molar-refractivity contribution in [2.24, 2.45) is 0 Å². The number of aromatic nitrogens is 3. The molecule has 1 fully saturated rings. The zero-order valence-corrected chi connectivity index (χ0v) is 16.8. The fraction of sp³-hybridized carbons (Fsp3) is 0.227. The quantitative estimate of drug-likeness (QED) is 0.527. The third-order valence-corrected chi connectivity index (χ3v) is 5.64. The van der Waals surface area contributed by atoms with E-state index in [-0.39, 0.29) is 17.6 Å². The van der Waals surface area contributed by atoms with Crippen LogP contribution in [0.2, 0.25) is 5.02 Å². The number of aromatic amines is 1. The molecular formula is C22H19ClN4O3. The van der Waals surface area contributed by atoms with E-state index in [0.717, 1.165) is 19.4 Å². The number of halogens is 1. The topological polar surface area (TPSA) is 89.0 Å². The molecule has 0 unspecified atom stereocenters. The van der Waals surface area contributed by atoms with Gasteiger partial charge in [0.15, 0.2) is 0 Å². The molecule has 30 heavy (non-hydrogen) atoms. The van der Waals surface area contributed by atoms with E-state index < -0.39 is 0 Å². The van der Waals surface area contributed by atoms with Gasteiger partial charge in [-0.05, 0) is 55.3 Å². The zero-order chi connectivity index (χ0) is 20.7. The third kappa shape index (κ3) is 3.36. The van der Waals surface area contributed by atoms with Gasteiger partial charge < -0.3 is 10.1 Å². The van der Waals surface area contributed by atoms with E-state index in [1.807, 2.05) is 0 Å². The Bertz CT molecular complexity index is 1300. The summed E-state index contributed by atoms with van der Waals surface area (Å²) >= 11 is 5.96. The first-order valence-electron chi connectivity index (χ1n) is 9.79. The van der Waals surface area contributed by atoms with Crippen molar-refractivity contribution in [3.05, 3.63) is 69.6 Å². The SMILES string of the molecule is O=C(NC[C@H]1CCCO1)c1ccc2ncc3c(=O)n(-c4ccc(Cl)cc4)[nH]c3c2c1. The van der Waals surface area contributed by atoms with Gasteiger partial charge in [-0.1, -0.05) is 11.6 Å². The standard InChI is InChI=1S/C22H19ClN4O3/c23-14-4-6-15(7-5-14)27-22(29)18-12-24-19-8-3-13(10-17(19)20(18)26-27)21(28)25-11-16-2-1-9-30-16/h3-8,10,12,16,26H,1-2,9,11H2,(H,25,28)/t16-/m1/s1. The molecule has 1 amide bonds. The molecule has 5 rings (SSSR count). The second kappa shape index (κ2) is 7.59. The monoisotopic (exact) mass is 422 g/mol. The number of fused-ring (bicyclic) bond motifs is 3. The number of benzene rings is 2. The van der Waals surface area contributed by atoms with Crippen molar-refractivity contribution in [3.8, 4) is 5.69 Å². The highest BCUT2D eigenvalue weighted by Gasteiger charge is 2.18.